The summed E-state index contributed by atoms with van der Waals surface area (Å²) in [5.74, 6) is -0.251. The van der Waals surface area contributed by atoms with Gasteiger partial charge in [0.15, 0.2) is 0 Å². The zero-order valence-corrected chi connectivity index (χ0v) is 6.76. The van der Waals surface area contributed by atoms with E-state index in [1.165, 1.54) is 12.1 Å². The van der Waals surface area contributed by atoms with E-state index >= 15 is 0 Å². The molecule has 50 valence electrons. The fraction of sp³-hybridized carbons (Fsp3) is 0. The first-order chi connectivity index (χ1) is 4.83. The minimum absolute atomic E-state index is 0.251. The molecule has 0 saturated heterocycles. The van der Waals surface area contributed by atoms with Crippen molar-refractivity contribution in [3.63, 3.8) is 0 Å². The molecular formula is C7H4FNSe. The molecule has 0 aliphatic heterocycles. The first-order valence-corrected chi connectivity index (χ1v) is 3.52. The van der Waals surface area contributed by atoms with Gasteiger partial charge in [-0.3, -0.25) is 0 Å². The average molecular weight is 200 g/mol. The van der Waals surface area contributed by atoms with Gasteiger partial charge in [0, 0.05) is 0 Å². The van der Waals surface area contributed by atoms with E-state index < -0.39 is 0 Å². The molecule has 1 nitrogen and oxygen atoms in total. The van der Waals surface area contributed by atoms with Crippen LogP contribution in [-0.4, -0.2) is 20.3 Å². The molecule has 0 N–H and O–H groups in total. The molecule has 1 rings (SSSR count). The fourth-order valence-electron chi connectivity index (χ4n) is 0.568. The molecule has 0 heterocycles. The van der Waals surface area contributed by atoms with Crippen LogP contribution in [-0.2, 0) is 0 Å². The van der Waals surface area contributed by atoms with Crippen LogP contribution in [0.4, 0.5) is 10.1 Å². The standard InChI is InChI=1S/C7H4FNSe/c8-6-1-3-7(4-2-6)9-5-10/h1-4H. The number of aliphatic imine (C=N–C) groups is 1. The summed E-state index contributed by atoms with van der Waals surface area (Å²) in [6.07, 6.45) is 0. The molecular weight excluding hydrogens is 196 g/mol. The molecule has 0 saturated carbocycles. The maximum absolute atomic E-state index is 12.3. The molecule has 0 radical (unpaired) electrons. The van der Waals surface area contributed by atoms with E-state index in [-0.39, 0.29) is 5.82 Å². The van der Waals surface area contributed by atoms with Crippen LogP contribution in [0.3, 0.4) is 0 Å². The second-order valence-electron chi connectivity index (χ2n) is 1.68. The van der Waals surface area contributed by atoms with Crippen LogP contribution in [0, 0.1) is 5.82 Å². The van der Waals surface area contributed by atoms with Crippen molar-refractivity contribution in [2.24, 2.45) is 4.99 Å². The van der Waals surface area contributed by atoms with Crippen molar-refractivity contribution >= 4 is 26.0 Å². The number of hydrogen-bond donors (Lipinski definition) is 0. The van der Waals surface area contributed by atoms with Gasteiger partial charge < -0.3 is 0 Å². The number of benzene rings is 1. The van der Waals surface area contributed by atoms with Gasteiger partial charge in [-0.05, 0) is 0 Å². The average Bonchev–Trinajstić information content (AvgIpc) is 1.95. The van der Waals surface area contributed by atoms with Crippen LogP contribution >= 0.6 is 0 Å². The Balaban J connectivity index is 3.00. The van der Waals surface area contributed by atoms with Crippen LogP contribution in [0.2, 0.25) is 0 Å². The van der Waals surface area contributed by atoms with Crippen molar-refractivity contribution in [2.75, 3.05) is 0 Å². The summed E-state index contributed by atoms with van der Waals surface area (Å²) in [5, 5.41) is 0. The van der Waals surface area contributed by atoms with Gasteiger partial charge in [0.2, 0.25) is 0 Å². The molecule has 0 aliphatic carbocycles. The quantitative estimate of drug-likeness (QED) is 0.481. The van der Waals surface area contributed by atoms with E-state index in [4.69, 9.17) is 0 Å². The van der Waals surface area contributed by atoms with Gasteiger partial charge in [-0.15, -0.1) is 0 Å². The van der Waals surface area contributed by atoms with Crippen LogP contribution in [0.5, 0.6) is 0 Å². The number of nitrogens with zero attached hydrogens (tertiary/aromatic N) is 1. The first-order valence-electron chi connectivity index (χ1n) is 2.66. The molecule has 0 bridgehead atoms. The molecule has 0 aliphatic rings. The van der Waals surface area contributed by atoms with Gasteiger partial charge in [-0.1, -0.05) is 0 Å². The van der Waals surface area contributed by atoms with E-state index in [9.17, 15) is 4.39 Å². The Labute approximate surface area is 66.0 Å². The summed E-state index contributed by atoms with van der Waals surface area (Å²) in [6, 6.07) is 5.88. The summed E-state index contributed by atoms with van der Waals surface area (Å²) in [4.78, 5) is 3.78. The second kappa shape index (κ2) is 3.43. The summed E-state index contributed by atoms with van der Waals surface area (Å²) >= 11 is 2.50. The Bertz CT molecular complexity index is 261. The third-order valence-electron chi connectivity index (χ3n) is 1.00. The Morgan fingerprint density at radius 1 is 1.30 bits per heavy atom. The minimum atomic E-state index is -0.251. The molecule has 0 atom stereocenters. The van der Waals surface area contributed by atoms with Crippen molar-refractivity contribution in [1.29, 1.82) is 0 Å². The molecule has 0 aromatic heterocycles. The Morgan fingerprint density at radius 2 is 1.90 bits per heavy atom. The van der Waals surface area contributed by atoms with Crippen LogP contribution in [0.1, 0.15) is 0 Å². The van der Waals surface area contributed by atoms with Crippen LogP contribution in [0.25, 0.3) is 0 Å². The van der Waals surface area contributed by atoms with Gasteiger partial charge in [-0.25, -0.2) is 0 Å². The van der Waals surface area contributed by atoms with Crippen LogP contribution < -0.4 is 0 Å². The van der Waals surface area contributed by atoms with Crippen molar-refractivity contribution in [2.45, 2.75) is 0 Å². The van der Waals surface area contributed by atoms with Crippen molar-refractivity contribution < 1.29 is 4.39 Å². The number of hydrogen-bond acceptors (Lipinski definition) is 1. The van der Waals surface area contributed by atoms with Crippen molar-refractivity contribution in [3.05, 3.63) is 30.1 Å². The summed E-state index contributed by atoms with van der Waals surface area (Å²) in [5.41, 5.74) is 0.695. The predicted molar refractivity (Wildman–Crippen MR) is 39.2 cm³/mol. The van der Waals surface area contributed by atoms with Crippen molar-refractivity contribution in [1.82, 2.24) is 0 Å². The predicted octanol–water partition coefficient (Wildman–Crippen LogP) is 1.53. The molecule has 1 aromatic carbocycles. The maximum atomic E-state index is 12.3. The topological polar surface area (TPSA) is 12.4 Å². The van der Waals surface area contributed by atoms with Gasteiger partial charge in [-0.2, -0.15) is 0 Å². The Kier molecular flexibility index (Phi) is 2.52. The van der Waals surface area contributed by atoms with E-state index in [1.54, 1.807) is 12.1 Å². The summed E-state index contributed by atoms with van der Waals surface area (Å²) in [6.45, 7) is 0. The number of halogens is 1. The Morgan fingerprint density at radius 3 is 2.40 bits per heavy atom. The fourth-order valence-corrected chi connectivity index (χ4v) is 0.789. The third kappa shape index (κ3) is 1.89. The Hall–Kier alpha value is -0.751. The number of rotatable bonds is 1. The molecule has 1 aromatic rings. The zero-order valence-electron chi connectivity index (χ0n) is 5.04. The zero-order chi connectivity index (χ0) is 7.40. The molecule has 0 unspecified atom stereocenters. The van der Waals surface area contributed by atoms with Gasteiger partial charge >= 0.3 is 65.4 Å². The van der Waals surface area contributed by atoms with Gasteiger partial charge in [0.25, 0.3) is 0 Å². The molecule has 3 heteroatoms. The first kappa shape index (κ1) is 7.36. The van der Waals surface area contributed by atoms with Crippen molar-refractivity contribution in [3.8, 4) is 0 Å². The van der Waals surface area contributed by atoms with Gasteiger partial charge in [0.05, 0.1) is 0 Å². The van der Waals surface area contributed by atoms with Gasteiger partial charge in [0.1, 0.15) is 0 Å². The monoisotopic (exact) mass is 201 g/mol. The van der Waals surface area contributed by atoms with E-state index in [0.29, 0.717) is 5.69 Å². The van der Waals surface area contributed by atoms with E-state index in [1.807, 2.05) is 0 Å². The summed E-state index contributed by atoms with van der Waals surface area (Å²) in [7, 11) is 0. The molecule has 0 amide bonds. The van der Waals surface area contributed by atoms with E-state index in [2.05, 4.69) is 25.3 Å². The molecule has 0 spiro atoms. The SMILES string of the molecule is Fc1ccc(N=C=[Se])cc1. The van der Waals surface area contributed by atoms with E-state index in [0.717, 1.165) is 0 Å². The van der Waals surface area contributed by atoms with Crippen LogP contribution in [0.15, 0.2) is 29.3 Å². The molecule has 0 fully saturated rings. The molecule has 10 heavy (non-hydrogen) atoms. The second-order valence-corrected chi connectivity index (χ2v) is 2.06. The summed E-state index contributed by atoms with van der Waals surface area (Å²) < 4.78 is 14.7. The third-order valence-corrected chi connectivity index (χ3v) is 1.19. The normalized spacial score (nSPS) is 8.50.